The zero-order chi connectivity index (χ0) is 18.0. The third kappa shape index (κ3) is 4.48. The Labute approximate surface area is 149 Å². The van der Waals surface area contributed by atoms with Gasteiger partial charge in [-0.05, 0) is 55.9 Å². The fourth-order valence-corrected chi connectivity index (χ4v) is 3.00. The number of aryl methyl sites for hydroxylation is 1. The van der Waals surface area contributed by atoms with Gasteiger partial charge in [0.15, 0.2) is 0 Å². The lowest BCUT2D eigenvalue weighted by Gasteiger charge is -2.15. The van der Waals surface area contributed by atoms with Crippen molar-refractivity contribution in [3.05, 3.63) is 41.1 Å². The Bertz CT molecular complexity index is 740. The third-order valence-corrected chi connectivity index (χ3v) is 4.56. The Kier molecular flexibility index (Phi) is 5.23. The van der Waals surface area contributed by atoms with Crippen LogP contribution in [-0.4, -0.2) is 27.7 Å². The number of anilines is 3. The summed E-state index contributed by atoms with van der Waals surface area (Å²) < 4.78 is 0. The van der Waals surface area contributed by atoms with Crippen molar-refractivity contribution in [2.75, 3.05) is 17.2 Å². The second-order valence-corrected chi connectivity index (χ2v) is 7.35. The molecule has 0 radical (unpaired) electrons. The van der Waals surface area contributed by atoms with Gasteiger partial charge in [0.1, 0.15) is 5.82 Å². The number of rotatable bonds is 7. The Morgan fingerprint density at radius 1 is 1.16 bits per heavy atom. The standard InChI is InChI=1S/C20H28N4O/c1-12(2)17-8-7-16(9-13(17)3)22-19-10-18(15-5-6-15)23-20(24-19)21-14(4)11-25/h7-10,12,14-15,25H,5-6,11H2,1-4H3,(H2,21,22,23,24)/t14-/m1/s1. The normalized spacial score (nSPS) is 15.3. The molecule has 3 rings (SSSR count). The average molecular weight is 340 g/mol. The van der Waals surface area contributed by atoms with Gasteiger partial charge in [0.05, 0.1) is 12.3 Å². The van der Waals surface area contributed by atoms with E-state index in [1.165, 1.54) is 24.0 Å². The Balaban J connectivity index is 1.84. The topological polar surface area (TPSA) is 70.1 Å². The molecular formula is C20H28N4O. The molecule has 1 aromatic heterocycles. The van der Waals surface area contributed by atoms with Gasteiger partial charge in [-0.3, -0.25) is 0 Å². The predicted molar refractivity (Wildman–Crippen MR) is 103 cm³/mol. The minimum atomic E-state index is -0.0742. The fourth-order valence-electron chi connectivity index (χ4n) is 3.00. The van der Waals surface area contributed by atoms with Crippen LogP contribution in [0.5, 0.6) is 0 Å². The van der Waals surface area contributed by atoms with Crippen LogP contribution in [0.15, 0.2) is 24.3 Å². The van der Waals surface area contributed by atoms with Crippen LogP contribution in [0.4, 0.5) is 17.5 Å². The van der Waals surface area contributed by atoms with Crippen molar-refractivity contribution in [1.82, 2.24) is 9.97 Å². The number of aliphatic hydroxyl groups excluding tert-OH is 1. The molecule has 5 heteroatoms. The van der Waals surface area contributed by atoms with E-state index < -0.39 is 0 Å². The highest BCUT2D eigenvalue weighted by atomic mass is 16.3. The molecule has 1 aliphatic carbocycles. The highest BCUT2D eigenvalue weighted by Gasteiger charge is 2.26. The summed E-state index contributed by atoms with van der Waals surface area (Å²) in [6.45, 7) is 8.53. The van der Waals surface area contributed by atoms with E-state index >= 15 is 0 Å². The molecule has 5 nitrogen and oxygen atoms in total. The van der Waals surface area contributed by atoms with Gasteiger partial charge in [-0.2, -0.15) is 4.98 Å². The molecule has 1 saturated carbocycles. The maximum absolute atomic E-state index is 9.26. The maximum Gasteiger partial charge on any atom is 0.225 e. The molecule has 0 bridgehead atoms. The molecule has 25 heavy (non-hydrogen) atoms. The van der Waals surface area contributed by atoms with Crippen LogP contribution in [0.25, 0.3) is 0 Å². The first-order valence-corrected chi connectivity index (χ1v) is 9.10. The van der Waals surface area contributed by atoms with Crippen molar-refractivity contribution in [1.29, 1.82) is 0 Å². The molecule has 1 fully saturated rings. The van der Waals surface area contributed by atoms with E-state index in [0.717, 1.165) is 17.2 Å². The van der Waals surface area contributed by atoms with E-state index in [-0.39, 0.29) is 12.6 Å². The van der Waals surface area contributed by atoms with E-state index in [0.29, 0.717) is 17.8 Å². The van der Waals surface area contributed by atoms with E-state index in [4.69, 9.17) is 0 Å². The number of nitrogens with zero attached hydrogens (tertiary/aromatic N) is 2. The molecule has 1 atom stereocenters. The largest absolute Gasteiger partial charge is 0.394 e. The minimum Gasteiger partial charge on any atom is -0.394 e. The van der Waals surface area contributed by atoms with Gasteiger partial charge in [-0.25, -0.2) is 4.98 Å². The number of aromatic nitrogens is 2. The highest BCUT2D eigenvalue weighted by molar-refractivity contribution is 5.60. The monoisotopic (exact) mass is 340 g/mol. The maximum atomic E-state index is 9.26. The Hall–Kier alpha value is -2.14. The van der Waals surface area contributed by atoms with Gasteiger partial charge in [0, 0.05) is 23.7 Å². The van der Waals surface area contributed by atoms with Crippen LogP contribution in [0.2, 0.25) is 0 Å². The predicted octanol–water partition coefficient (Wildman–Crippen LogP) is 4.32. The fraction of sp³-hybridized carbons (Fsp3) is 0.500. The quantitative estimate of drug-likeness (QED) is 0.700. The first kappa shape index (κ1) is 17.7. The van der Waals surface area contributed by atoms with E-state index in [2.05, 4.69) is 59.6 Å². The second kappa shape index (κ2) is 7.40. The van der Waals surface area contributed by atoms with Gasteiger partial charge >= 0.3 is 0 Å². The van der Waals surface area contributed by atoms with Gasteiger partial charge < -0.3 is 15.7 Å². The van der Waals surface area contributed by atoms with Crippen LogP contribution in [0.3, 0.4) is 0 Å². The molecule has 0 amide bonds. The molecule has 1 aliphatic rings. The van der Waals surface area contributed by atoms with Crippen molar-refractivity contribution in [3.8, 4) is 0 Å². The number of hydrogen-bond donors (Lipinski definition) is 3. The second-order valence-electron chi connectivity index (χ2n) is 7.35. The van der Waals surface area contributed by atoms with E-state index in [1.807, 2.05) is 13.0 Å². The van der Waals surface area contributed by atoms with Gasteiger partial charge in [0.2, 0.25) is 5.95 Å². The van der Waals surface area contributed by atoms with Crippen molar-refractivity contribution < 1.29 is 5.11 Å². The first-order chi connectivity index (χ1) is 12.0. The van der Waals surface area contributed by atoms with E-state index in [1.54, 1.807) is 0 Å². The van der Waals surface area contributed by atoms with Crippen LogP contribution in [-0.2, 0) is 0 Å². The van der Waals surface area contributed by atoms with Crippen molar-refractivity contribution >= 4 is 17.5 Å². The molecular weight excluding hydrogens is 312 g/mol. The molecule has 0 aliphatic heterocycles. The summed E-state index contributed by atoms with van der Waals surface area (Å²) in [5.41, 5.74) is 4.75. The van der Waals surface area contributed by atoms with Gasteiger partial charge in [-0.15, -0.1) is 0 Å². The molecule has 1 aromatic carbocycles. The third-order valence-electron chi connectivity index (χ3n) is 4.56. The zero-order valence-electron chi connectivity index (χ0n) is 15.5. The Morgan fingerprint density at radius 2 is 1.92 bits per heavy atom. The van der Waals surface area contributed by atoms with Crippen molar-refractivity contribution in [2.45, 2.75) is 58.4 Å². The van der Waals surface area contributed by atoms with E-state index in [9.17, 15) is 5.11 Å². The summed E-state index contributed by atoms with van der Waals surface area (Å²) in [7, 11) is 0. The lowest BCUT2D eigenvalue weighted by molar-refractivity contribution is 0.281. The number of nitrogens with one attached hydrogen (secondary N) is 2. The molecule has 2 aromatic rings. The highest BCUT2D eigenvalue weighted by Crippen LogP contribution is 2.40. The first-order valence-electron chi connectivity index (χ1n) is 9.10. The lowest BCUT2D eigenvalue weighted by Crippen LogP contribution is -2.21. The SMILES string of the molecule is Cc1cc(Nc2cc(C3CC3)nc(N[C@H](C)CO)n2)ccc1C(C)C. The van der Waals surface area contributed by atoms with Gasteiger partial charge in [-0.1, -0.05) is 19.9 Å². The van der Waals surface area contributed by atoms with Crippen LogP contribution in [0, 0.1) is 6.92 Å². The van der Waals surface area contributed by atoms with Crippen LogP contribution >= 0.6 is 0 Å². The van der Waals surface area contributed by atoms with Crippen molar-refractivity contribution in [3.63, 3.8) is 0 Å². The number of benzene rings is 1. The summed E-state index contributed by atoms with van der Waals surface area (Å²) in [5, 5.41) is 15.8. The van der Waals surface area contributed by atoms with Crippen LogP contribution in [0.1, 0.15) is 62.3 Å². The summed E-state index contributed by atoms with van der Waals surface area (Å²) in [6, 6.07) is 8.41. The average Bonchev–Trinajstić information content (AvgIpc) is 3.39. The molecule has 3 N–H and O–H groups in total. The molecule has 0 saturated heterocycles. The minimum absolute atomic E-state index is 0.0512. The van der Waals surface area contributed by atoms with Gasteiger partial charge in [0.25, 0.3) is 0 Å². The van der Waals surface area contributed by atoms with Crippen LogP contribution < -0.4 is 10.6 Å². The number of hydrogen-bond acceptors (Lipinski definition) is 5. The number of aliphatic hydroxyl groups is 1. The zero-order valence-corrected chi connectivity index (χ0v) is 15.5. The summed E-state index contributed by atoms with van der Waals surface area (Å²) in [6.07, 6.45) is 2.38. The molecule has 134 valence electrons. The van der Waals surface area contributed by atoms with Crippen molar-refractivity contribution in [2.24, 2.45) is 0 Å². The Morgan fingerprint density at radius 3 is 2.52 bits per heavy atom. The molecule has 0 unspecified atom stereocenters. The lowest BCUT2D eigenvalue weighted by atomic mass is 9.98. The molecule has 1 heterocycles. The summed E-state index contributed by atoms with van der Waals surface area (Å²) >= 11 is 0. The smallest absolute Gasteiger partial charge is 0.225 e. The molecule has 0 spiro atoms. The summed E-state index contributed by atoms with van der Waals surface area (Å²) in [4.78, 5) is 9.18. The summed E-state index contributed by atoms with van der Waals surface area (Å²) in [5.74, 6) is 2.43.